The molecule has 3 rings (SSSR count). The molecule has 0 saturated heterocycles. The maximum absolute atomic E-state index is 12.8. The lowest BCUT2D eigenvalue weighted by atomic mass is 9.82. The molecule has 7 heteroatoms. The van der Waals surface area contributed by atoms with Crippen molar-refractivity contribution in [3.63, 3.8) is 0 Å². The molecule has 1 aliphatic rings. The average molecular weight is 339 g/mol. The van der Waals surface area contributed by atoms with Crippen LogP contribution in [0.4, 0.5) is 5.69 Å². The number of ketones is 2. The lowest BCUT2D eigenvalue weighted by molar-refractivity contribution is -0.385. The lowest BCUT2D eigenvalue weighted by Gasteiger charge is -2.18. The van der Waals surface area contributed by atoms with Crippen molar-refractivity contribution in [2.24, 2.45) is 0 Å². The smallest absolute Gasteiger partial charge is 0.345 e. The van der Waals surface area contributed by atoms with Crippen molar-refractivity contribution >= 4 is 23.2 Å². The van der Waals surface area contributed by atoms with Gasteiger partial charge in [0.2, 0.25) is 5.78 Å². The molecule has 0 bridgehead atoms. The Hall–Kier alpha value is -3.35. The van der Waals surface area contributed by atoms with Crippen LogP contribution >= 0.6 is 0 Å². The monoisotopic (exact) mass is 339 g/mol. The first kappa shape index (κ1) is 16.5. The van der Waals surface area contributed by atoms with Gasteiger partial charge in [-0.25, -0.2) is 4.79 Å². The molecule has 0 fully saturated rings. The van der Waals surface area contributed by atoms with Gasteiger partial charge in [0.15, 0.2) is 5.78 Å². The highest BCUT2D eigenvalue weighted by Gasteiger charge is 2.39. The Kier molecular flexibility index (Phi) is 3.92. The fraction of sp³-hybridized carbons (Fsp3) is 0.167. The third-order valence-corrected chi connectivity index (χ3v) is 3.81. The molecule has 0 heterocycles. The Morgan fingerprint density at radius 3 is 2.16 bits per heavy atom. The highest BCUT2D eigenvalue weighted by atomic mass is 16.6. The Labute approximate surface area is 142 Å². The number of fused-ring (bicyclic) bond motifs is 2. The van der Waals surface area contributed by atoms with Crippen LogP contribution in [0.15, 0.2) is 36.4 Å². The third-order valence-electron chi connectivity index (χ3n) is 3.81. The molecule has 0 spiro atoms. The second-order valence-electron chi connectivity index (χ2n) is 5.80. The standard InChI is InChI=1S/C18H13NO6/c1-9(2)25-18(22)13-8-7-12-14(15(13)19(23)24)17(21)11-6-4-3-5-10(11)16(12)20/h3-9H,1-2H3. The lowest BCUT2D eigenvalue weighted by Crippen LogP contribution is -2.24. The summed E-state index contributed by atoms with van der Waals surface area (Å²) in [6.45, 7) is 3.21. The first-order valence-electron chi connectivity index (χ1n) is 7.53. The number of hydrogen-bond donors (Lipinski definition) is 0. The van der Waals surface area contributed by atoms with Crippen LogP contribution in [0.25, 0.3) is 0 Å². The number of benzene rings is 2. The molecule has 0 aliphatic heterocycles. The van der Waals surface area contributed by atoms with E-state index in [2.05, 4.69) is 0 Å². The first-order chi connectivity index (χ1) is 11.8. The molecule has 7 nitrogen and oxygen atoms in total. The second kappa shape index (κ2) is 5.94. The number of hydrogen-bond acceptors (Lipinski definition) is 6. The Morgan fingerprint density at radius 1 is 1.00 bits per heavy atom. The minimum atomic E-state index is -0.913. The molecule has 0 aromatic heterocycles. The summed E-state index contributed by atoms with van der Waals surface area (Å²) in [4.78, 5) is 48.3. The summed E-state index contributed by atoms with van der Waals surface area (Å²) in [6, 6.07) is 8.51. The summed E-state index contributed by atoms with van der Waals surface area (Å²) in [5.74, 6) is -2.06. The summed E-state index contributed by atoms with van der Waals surface area (Å²) < 4.78 is 5.01. The van der Waals surface area contributed by atoms with E-state index in [1.165, 1.54) is 18.2 Å². The predicted octanol–water partition coefficient (Wildman–Crippen LogP) is 2.94. The van der Waals surface area contributed by atoms with Gasteiger partial charge in [0.25, 0.3) is 5.69 Å². The molecule has 0 unspecified atom stereocenters. The topological polar surface area (TPSA) is 104 Å². The van der Waals surface area contributed by atoms with Gasteiger partial charge >= 0.3 is 5.97 Å². The molecule has 0 radical (unpaired) electrons. The fourth-order valence-corrected chi connectivity index (χ4v) is 2.80. The maximum atomic E-state index is 12.8. The Morgan fingerprint density at radius 2 is 1.60 bits per heavy atom. The van der Waals surface area contributed by atoms with E-state index in [1.54, 1.807) is 26.0 Å². The van der Waals surface area contributed by atoms with Gasteiger partial charge in [-0.1, -0.05) is 24.3 Å². The number of ether oxygens (including phenoxy) is 1. The molecular formula is C18H13NO6. The van der Waals surface area contributed by atoms with Gasteiger partial charge in [0, 0.05) is 16.7 Å². The van der Waals surface area contributed by atoms with E-state index in [0.717, 1.165) is 6.07 Å². The van der Waals surface area contributed by atoms with Crippen LogP contribution in [-0.4, -0.2) is 28.6 Å². The Balaban J connectivity index is 2.28. The van der Waals surface area contributed by atoms with Crippen molar-refractivity contribution in [1.82, 2.24) is 0 Å². The van der Waals surface area contributed by atoms with Crippen LogP contribution in [-0.2, 0) is 4.74 Å². The van der Waals surface area contributed by atoms with Gasteiger partial charge in [0.1, 0.15) is 11.1 Å². The SMILES string of the molecule is CC(C)OC(=O)c1ccc2c(c1[N+](=O)[O-])C(=O)c1ccccc1C2=O. The van der Waals surface area contributed by atoms with E-state index in [1.807, 2.05) is 0 Å². The van der Waals surface area contributed by atoms with Crippen LogP contribution in [0.3, 0.4) is 0 Å². The van der Waals surface area contributed by atoms with Gasteiger partial charge in [0.05, 0.1) is 11.0 Å². The summed E-state index contributed by atoms with van der Waals surface area (Å²) in [6.07, 6.45) is -0.485. The van der Waals surface area contributed by atoms with Crippen molar-refractivity contribution in [2.75, 3.05) is 0 Å². The third kappa shape index (κ3) is 2.59. The van der Waals surface area contributed by atoms with E-state index in [4.69, 9.17) is 4.74 Å². The van der Waals surface area contributed by atoms with Gasteiger partial charge in [-0.05, 0) is 26.0 Å². The molecule has 0 N–H and O–H groups in total. The number of carbonyl (C=O) groups is 3. The Bertz CT molecular complexity index is 945. The van der Waals surface area contributed by atoms with Crippen molar-refractivity contribution < 1.29 is 24.0 Å². The van der Waals surface area contributed by atoms with Gasteiger partial charge in [-0.3, -0.25) is 19.7 Å². The van der Waals surface area contributed by atoms with Crippen LogP contribution < -0.4 is 0 Å². The zero-order chi connectivity index (χ0) is 18.3. The molecule has 2 aromatic rings. The number of nitrogens with zero attached hydrogens (tertiary/aromatic N) is 1. The molecular weight excluding hydrogens is 326 g/mol. The summed E-state index contributed by atoms with van der Waals surface area (Å²) >= 11 is 0. The summed E-state index contributed by atoms with van der Waals surface area (Å²) in [5.41, 5.74) is -1.23. The maximum Gasteiger partial charge on any atom is 0.345 e. The zero-order valence-electron chi connectivity index (χ0n) is 13.4. The number of esters is 1. The van der Waals surface area contributed by atoms with Gasteiger partial charge < -0.3 is 4.74 Å². The quantitative estimate of drug-likeness (QED) is 0.413. The second-order valence-corrected chi connectivity index (χ2v) is 5.80. The normalized spacial score (nSPS) is 12.6. The first-order valence-corrected chi connectivity index (χ1v) is 7.53. The fourth-order valence-electron chi connectivity index (χ4n) is 2.80. The molecule has 126 valence electrons. The van der Waals surface area contributed by atoms with E-state index in [9.17, 15) is 24.5 Å². The van der Waals surface area contributed by atoms with Crippen molar-refractivity contribution in [1.29, 1.82) is 0 Å². The van der Waals surface area contributed by atoms with E-state index in [0.29, 0.717) is 0 Å². The van der Waals surface area contributed by atoms with E-state index in [-0.39, 0.29) is 27.8 Å². The van der Waals surface area contributed by atoms with Crippen molar-refractivity contribution in [3.05, 3.63) is 74.3 Å². The van der Waals surface area contributed by atoms with Crippen molar-refractivity contribution in [3.8, 4) is 0 Å². The zero-order valence-corrected chi connectivity index (χ0v) is 13.4. The predicted molar refractivity (Wildman–Crippen MR) is 87.0 cm³/mol. The minimum absolute atomic E-state index is 0.0810. The van der Waals surface area contributed by atoms with Gasteiger partial charge in [-0.2, -0.15) is 0 Å². The molecule has 25 heavy (non-hydrogen) atoms. The molecule has 0 atom stereocenters. The summed E-state index contributed by atoms with van der Waals surface area (Å²) in [7, 11) is 0. The highest BCUT2D eigenvalue weighted by Crippen LogP contribution is 2.35. The number of rotatable bonds is 3. The number of carbonyl (C=O) groups excluding carboxylic acids is 3. The largest absolute Gasteiger partial charge is 0.459 e. The average Bonchev–Trinajstić information content (AvgIpc) is 2.57. The highest BCUT2D eigenvalue weighted by molar-refractivity contribution is 6.30. The van der Waals surface area contributed by atoms with E-state index < -0.39 is 34.3 Å². The van der Waals surface area contributed by atoms with Crippen molar-refractivity contribution in [2.45, 2.75) is 20.0 Å². The molecule has 0 amide bonds. The van der Waals surface area contributed by atoms with Crippen LogP contribution in [0.5, 0.6) is 0 Å². The van der Waals surface area contributed by atoms with Crippen LogP contribution in [0.2, 0.25) is 0 Å². The van der Waals surface area contributed by atoms with Gasteiger partial charge in [-0.15, -0.1) is 0 Å². The van der Waals surface area contributed by atoms with Crippen LogP contribution in [0, 0.1) is 10.1 Å². The number of nitro benzene ring substituents is 1. The molecule has 0 saturated carbocycles. The molecule has 2 aromatic carbocycles. The summed E-state index contributed by atoms with van der Waals surface area (Å²) in [5, 5.41) is 11.6. The van der Waals surface area contributed by atoms with Crippen LogP contribution in [0.1, 0.15) is 56.0 Å². The minimum Gasteiger partial charge on any atom is -0.459 e. The van der Waals surface area contributed by atoms with E-state index >= 15 is 0 Å². The molecule has 1 aliphatic carbocycles. The number of nitro groups is 1.